The van der Waals surface area contributed by atoms with E-state index in [1.807, 2.05) is 40.8 Å². The Morgan fingerprint density at radius 3 is 2.48 bits per heavy atom. The van der Waals surface area contributed by atoms with Gasteiger partial charge in [0.15, 0.2) is 0 Å². The van der Waals surface area contributed by atoms with Crippen molar-refractivity contribution >= 4 is 17.0 Å². The molecule has 5 heteroatoms. The molecular formula is C18H24F2N2S. The number of benzene rings is 1. The molecule has 2 aromatic rings. The molecule has 1 aliphatic heterocycles. The molecule has 2 heterocycles. The summed E-state index contributed by atoms with van der Waals surface area (Å²) >= 11 is 1.49. The van der Waals surface area contributed by atoms with Crippen LogP contribution >= 0.6 is 11.3 Å². The van der Waals surface area contributed by atoms with Gasteiger partial charge < -0.3 is 4.90 Å². The van der Waals surface area contributed by atoms with Crippen molar-refractivity contribution in [3.05, 3.63) is 34.0 Å². The quantitative estimate of drug-likeness (QED) is 0.690. The Labute approximate surface area is 141 Å². The van der Waals surface area contributed by atoms with E-state index in [2.05, 4.69) is 9.88 Å². The van der Waals surface area contributed by atoms with Gasteiger partial charge in [-0.15, -0.1) is 11.3 Å². The van der Waals surface area contributed by atoms with Crippen molar-refractivity contribution in [2.24, 2.45) is 0 Å². The highest BCUT2D eigenvalue weighted by molar-refractivity contribution is 7.15. The number of anilines is 1. The summed E-state index contributed by atoms with van der Waals surface area (Å²) in [6.07, 6.45) is -0.451. The summed E-state index contributed by atoms with van der Waals surface area (Å²) in [5.41, 5.74) is 3.72. The summed E-state index contributed by atoms with van der Waals surface area (Å²) in [6.45, 7) is 8.72. The number of aromatic nitrogens is 1. The lowest BCUT2D eigenvalue weighted by Crippen LogP contribution is -2.25. The molecule has 0 radical (unpaired) electrons. The Balaban J connectivity index is 0.000000924. The second-order valence-corrected chi connectivity index (χ2v) is 6.74. The largest absolute Gasteiger partial charge is 0.374 e. The summed E-state index contributed by atoms with van der Waals surface area (Å²) in [4.78, 5) is 7.32. The SMILES string of the molecule is CC.Cc1nc(C)c(-c2cc3c(cc2C(F)F)N(C)CCC3)s1. The van der Waals surface area contributed by atoms with E-state index in [4.69, 9.17) is 0 Å². The zero-order valence-corrected chi connectivity index (χ0v) is 15.2. The van der Waals surface area contributed by atoms with Gasteiger partial charge in [0.25, 0.3) is 6.43 Å². The van der Waals surface area contributed by atoms with Gasteiger partial charge in [-0.05, 0) is 44.4 Å². The first-order chi connectivity index (χ1) is 11.0. The Bertz CT molecular complexity index is 680. The monoisotopic (exact) mass is 338 g/mol. The highest BCUT2D eigenvalue weighted by atomic mass is 32.1. The van der Waals surface area contributed by atoms with Crippen LogP contribution in [0.4, 0.5) is 14.5 Å². The summed E-state index contributed by atoms with van der Waals surface area (Å²) in [5.74, 6) is 0. The molecule has 0 aliphatic carbocycles. The van der Waals surface area contributed by atoms with Crippen molar-refractivity contribution in [1.29, 1.82) is 0 Å². The van der Waals surface area contributed by atoms with Crippen LogP contribution in [0.5, 0.6) is 0 Å². The molecule has 0 saturated heterocycles. The van der Waals surface area contributed by atoms with E-state index in [9.17, 15) is 8.78 Å². The molecule has 0 amide bonds. The van der Waals surface area contributed by atoms with Crippen LogP contribution in [0.25, 0.3) is 10.4 Å². The molecule has 23 heavy (non-hydrogen) atoms. The Hall–Kier alpha value is -1.49. The minimum atomic E-state index is -2.47. The van der Waals surface area contributed by atoms with E-state index in [0.717, 1.165) is 46.2 Å². The van der Waals surface area contributed by atoms with Crippen LogP contribution in [-0.2, 0) is 6.42 Å². The average molecular weight is 338 g/mol. The van der Waals surface area contributed by atoms with Gasteiger partial charge in [-0.3, -0.25) is 0 Å². The van der Waals surface area contributed by atoms with Crippen molar-refractivity contribution in [2.45, 2.75) is 47.0 Å². The average Bonchev–Trinajstić information content (AvgIpc) is 2.87. The molecular weight excluding hydrogens is 314 g/mol. The minimum Gasteiger partial charge on any atom is -0.374 e. The highest BCUT2D eigenvalue weighted by Crippen LogP contribution is 2.41. The maximum atomic E-state index is 13.5. The number of nitrogens with zero attached hydrogens (tertiary/aromatic N) is 2. The van der Waals surface area contributed by atoms with Gasteiger partial charge in [0, 0.05) is 30.4 Å². The first-order valence-corrected chi connectivity index (χ1v) is 8.89. The Kier molecular flexibility index (Phi) is 5.74. The lowest BCUT2D eigenvalue weighted by Gasteiger charge is -2.29. The Morgan fingerprint density at radius 2 is 1.91 bits per heavy atom. The number of halogens is 2. The van der Waals surface area contributed by atoms with E-state index >= 15 is 0 Å². The maximum Gasteiger partial charge on any atom is 0.264 e. The third kappa shape index (κ3) is 3.55. The third-order valence-electron chi connectivity index (χ3n) is 3.98. The lowest BCUT2D eigenvalue weighted by atomic mass is 9.94. The standard InChI is InChI=1S/C16H18F2N2S.C2H6/c1-9-15(21-10(2)19-9)12-7-11-5-4-6-20(3)14(11)8-13(12)16(17)18;1-2/h7-8,16H,4-6H2,1-3H3;1-2H3. The molecule has 0 spiro atoms. The summed E-state index contributed by atoms with van der Waals surface area (Å²) in [6, 6.07) is 3.62. The van der Waals surface area contributed by atoms with Crippen LogP contribution in [0, 0.1) is 13.8 Å². The van der Waals surface area contributed by atoms with Gasteiger partial charge in [0.1, 0.15) is 0 Å². The topological polar surface area (TPSA) is 16.1 Å². The number of aryl methyl sites for hydroxylation is 3. The number of alkyl halides is 2. The fraction of sp³-hybridized carbons (Fsp3) is 0.500. The van der Waals surface area contributed by atoms with Crippen molar-refractivity contribution in [2.75, 3.05) is 18.5 Å². The molecule has 0 bridgehead atoms. The summed E-state index contributed by atoms with van der Waals surface area (Å²) < 4.78 is 27.0. The van der Waals surface area contributed by atoms with Gasteiger partial charge in [-0.1, -0.05) is 13.8 Å². The number of hydrogen-bond donors (Lipinski definition) is 0. The van der Waals surface area contributed by atoms with Crippen LogP contribution in [0.1, 0.15) is 48.5 Å². The maximum absolute atomic E-state index is 13.5. The summed E-state index contributed by atoms with van der Waals surface area (Å²) in [7, 11) is 1.97. The van der Waals surface area contributed by atoms with E-state index in [1.54, 1.807) is 6.07 Å². The first kappa shape index (κ1) is 17.9. The fourth-order valence-corrected chi connectivity index (χ4v) is 3.95. The second kappa shape index (κ2) is 7.39. The molecule has 3 rings (SSSR count). The van der Waals surface area contributed by atoms with E-state index in [-0.39, 0.29) is 5.56 Å². The molecule has 0 N–H and O–H groups in total. The van der Waals surface area contributed by atoms with Gasteiger partial charge in [0.05, 0.1) is 15.6 Å². The van der Waals surface area contributed by atoms with Crippen molar-refractivity contribution in [1.82, 2.24) is 4.98 Å². The number of thiazole rings is 1. The molecule has 0 unspecified atom stereocenters. The predicted octanol–water partition coefficient (Wildman–Crippen LogP) is 5.77. The van der Waals surface area contributed by atoms with E-state index < -0.39 is 6.43 Å². The predicted molar refractivity (Wildman–Crippen MR) is 94.9 cm³/mol. The molecule has 2 nitrogen and oxygen atoms in total. The minimum absolute atomic E-state index is 0.120. The normalized spacial score (nSPS) is 13.7. The molecule has 1 aromatic carbocycles. The van der Waals surface area contributed by atoms with Gasteiger partial charge >= 0.3 is 0 Å². The van der Waals surface area contributed by atoms with Gasteiger partial charge in [-0.2, -0.15) is 0 Å². The Morgan fingerprint density at radius 1 is 1.22 bits per heavy atom. The third-order valence-corrected chi connectivity index (χ3v) is 5.09. The zero-order chi connectivity index (χ0) is 17.1. The van der Waals surface area contributed by atoms with Crippen molar-refractivity contribution < 1.29 is 8.78 Å². The molecule has 0 atom stereocenters. The molecule has 1 aromatic heterocycles. The van der Waals surface area contributed by atoms with Crippen LogP contribution in [0.15, 0.2) is 12.1 Å². The number of rotatable bonds is 2. The molecule has 0 saturated carbocycles. The van der Waals surface area contributed by atoms with Crippen LogP contribution in [0.3, 0.4) is 0 Å². The lowest BCUT2D eigenvalue weighted by molar-refractivity contribution is 0.152. The van der Waals surface area contributed by atoms with E-state index in [1.165, 1.54) is 11.3 Å². The number of hydrogen-bond acceptors (Lipinski definition) is 3. The van der Waals surface area contributed by atoms with Crippen molar-refractivity contribution in [3.63, 3.8) is 0 Å². The zero-order valence-electron chi connectivity index (χ0n) is 14.4. The first-order valence-electron chi connectivity index (χ1n) is 8.08. The second-order valence-electron chi connectivity index (χ2n) is 5.54. The summed E-state index contributed by atoms with van der Waals surface area (Å²) in [5, 5.41) is 0.914. The van der Waals surface area contributed by atoms with Crippen LogP contribution in [-0.4, -0.2) is 18.6 Å². The van der Waals surface area contributed by atoms with Gasteiger partial charge in [-0.25, -0.2) is 13.8 Å². The highest BCUT2D eigenvalue weighted by Gasteiger charge is 2.23. The van der Waals surface area contributed by atoms with Crippen molar-refractivity contribution in [3.8, 4) is 10.4 Å². The van der Waals surface area contributed by atoms with Crippen LogP contribution < -0.4 is 4.90 Å². The fourth-order valence-electron chi connectivity index (χ4n) is 2.99. The molecule has 0 fully saturated rings. The smallest absolute Gasteiger partial charge is 0.264 e. The number of fused-ring (bicyclic) bond motifs is 1. The van der Waals surface area contributed by atoms with Crippen LogP contribution in [0.2, 0.25) is 0 Å². The van der Waals surface area contributed by atoms with E-state index in [0.29, 0.717) is 5.56 Å². The van der Waals surface area contributed by atoms with Gasteiger partial charge in [0.2, 0.25) is 0 Å². The molecule has 1 aliphatic rings. The molecule has 126 valence electrons.